The zero-order valence-electron chi connectivity index (χ0n) is 7.24. The number of carbonyl (C=O) groups excluding carboxylic acids is 1. The molecule has 6 nitrogen and oxygen atoms in total. The Morgan fingerprint density at radius 2 is 2.21 bits per heavy atom. The van der Waals surface area contributed by atoms with E-state index in [4.69, 9.17) is 21.1 Å². The van der Waals surface area contributed by atoms with E-state index < -0.39 is 5.91 Å². The zero-order chi connectivity index (χ0) is 10.1. The van der Waals surface area contributed by atoms with Crippen molar-refractivity contribution >= 4 is 11.6 Å². The first-order valence-electron chi connectivity index (χ1n) is 3.93. The lowest BCUT2D eigenvalue weighted by Crippen LogP contribution is -2.30. The van der Waals surface area contributed by atoms with Gasteiger partial charge in [-0.15, -0.1) is 0 Å². The normalized spacial score (nSPS) is 12.6. The molecule has 1 amide bonds. The summed E-state index contributed by atoms with van der Waals surface area (Å²) in [5.41, 5.74) is 8.13. The Bertz CT molecular complexity index is 392. The number of anilines is 1. The predicted octanol–water partition coefficient (Wildman–Crippen LogP) is -0.399. The van der Waals surface area contributed by atoms with Gasteiger partial charge in [0.25, 0.3) is 5.91 Å². The average Bonchev–Trinajstić information content (AvgIpc) is 2.64. The molecule has 1 aromatic carbocycles. The quantitative estimate of drug-likeness (QED) is 0.245. The third-order valence-electron chi connectivity index (χ3n) is 1.93. The van der Waals surface area contributed by atoms with Crippen LogP contribution in [-0.4, -0.2) is 12.7 Å². The number of hydrogen-bond acceptors (Lipinski definition) is 5. The number of amides is 1. The molecule has 1 aliphatic rings. The van der Waals surface area contributed by atoms with Gasteiger partial charge in [0.2, 0.25) is 6.79 Å². The number of hydrazine groups is 1. The van der Waals surface area contributed by atoms with Gasteiger partial charge in [0.1, 0.15) is 5.56 Å². The van der Waals surface area contributed by atoms with E-state index in [1.807, 2.05) is 5.43 Å². The smallest absolute Gasteiger partial charge is 0.271 e. The third-order valence-corrected chi connectivity index (χ3v) is 1.93. The Balaban J connectivity index is 2.57. The molecule has 0 radical (unpaired) electrons. The molecule has 0 atom stereocenters. The van der Waals surface area contributed by atoms with Gasteiger partial charge in [0, 0.05) is 5.69 Å². The minimum absolute atomic E-state index is 0.0869. The van der Waals surface area contributed by atoms with Gasteiger partial charge in [-0.2, -0.15) is 0 Å². The van der Waals surface area contributed by atoms with Crippen LogP contribution in [-0.2, 0) is 0 Å². The maximum absolute atomic E-state index is 11.3. The SMILES string of the molecule is NNC(=O)c1c(N)ccc2c1OCO2. The van der Waals surface area contributed by atoms with Crippen LogP contribution in [0.3, 0.4) is 0 Å². The van der Waals surface area contributed by atoms with Crippen molar-refractivity contribution in [3.8, 4) is 11.5 Å². The van der Waals surface area contributed by atoms with Crippen LogP contribution in [0.5, 0.6) is 11.5 Å². The predicted molar refractivity (Wildman–Crippen MR) is 48.6 cm³/mol. The molecular weight excluding hydrogens is 186 g/mol. The molecule has 1 aromatic rings. The highest BCUT2D eigenvalue weighted by Crippen LogP contribution is 2.38. The number of benzene rings is 1. The highest BCUT2D eigenvalue weighted by atomic mass is 16.7. The molecule has 0 saturated carbocycles. The van der Waals surface area contributed by atoms with Crippen LogP contribution in [0.1, 0.15) is 10.4 Å². The van der Waals surface area contributed by atoms with E-state index >= 15 is 0 Å². The van der Waals surface area contributed by atoms with Crippen molar-refractivity contribution < 1.29 is 14.3 Å². The second-order valence-electron chi connectivity index (χ2n) is 2.74. The summed E-state index contributed by atoms with van der Waals surface area (Å²) in [6, 6.07) is 3.21. The maximum atomic E-state index is 11.3. The Kier molecular flexibility index (Phi) is 1.90. The molecule has 1 aliphatic heterocycles. The number of ether oxygens (including phenoxy) is 2. The fourth-order valence-electron chi connectivity index (χ4n) is 1.29. The number of nitrogens with two attached hydrogens (primary N) is 2. The Hall–Kier alpha value is -1.95. The molecule has 2 rings (SSSR count). The van der Waals surface area contributed by atoms with Crippen LogP contribution >= 0.6 is 0 Å². The van der Waals surface area contributed by atoms with E-state index in [1.165, 1.54) is 0 Å². The summed E-state index contributed by atoms with van der Waals surface area (Å²) in [7, 11) is 0. The van der Waals surface area contributed by atoms with Gasteiger partial charge in [0.05, 0.1) is 0 Å². The van der Waals surface area contributed by atoms with E-state index in [1.54, 1.807) is 12.1 Å². The molecule has 0 fully saturated rings. The number of fused-ring (bicyclic) bond motifs is 1. The van der Waals surface area contributed by atoms with Crippen LogP contribution in [0.2, 0.25) is 0 Å². The van der Waals surface area contributed by atoms with Gasteiger partial charge in [0.15, 0.2) is 11.5 Å². The number of rotatable bonds is 1. The van der Waals surface area contributed by atoms with Crippen LogP contribution in [0, 0.1) is 0 Å². The van der Waals surface area contributed by atoms with Gasteiger partial charge in [-0.3, -0.25) is 10.2 Å². The fraction of sp³-hybridized carbons (Fsp3) is 0.125. The first kappa shape index (κ1) is 8.64. The number of hydrogen-bond donors (Lipinski definition) is 3. The largest absolute Gasteiger partial charge is 0.454 e. The summed E-state index contributed by atoms with van der Waals surface area (Å²) in [4.78, 5) is 11.3. The summed E-state index contributed by atoms with van der Waals surface area (Å²) in [5, 5.41) is 0. The van der Waals surface area contributed by atoms with Crippen LogP contribution in [0.4, 0.5) is 5.69 Å². The van der Waals surface area contributed by atoms with Gasteiger partial charge in [-0.05, 0) is 12.1 Å². The maximum Gasteiger partial charge on any atom is 0.271 e. The molecule has 0 bridgehead atoms. The van der Waals surface area contributed by atoms with Gasteiger partial charge in [-0.25, -0.2) is 5.84 Å². The monoisotopic (exact) mass is 195 g/mol. The lowest BCUT2D eigenvalue weighted by Gasteiger charge is -2.06. The van der Waals surface area contributed by atoms with Crippen LogP contribution in [0.15, 0.2) is 12.1 Å². The number of nitrogens with one attached hydrogen (secondary N) is 1. The third kappa shape index (κ3) is 1.12. The number of carbonyl (C=O) groups is 1. The van der Waals surface area contributed by atoms with Gasteiger partial charge < -0.3 is 15.2 Å². The van der Waals surface area contributed by atoms with E-state index in [9.17, 15) is 4.79 Å². The molecule has 74 valence electrons. The van der Waals surface area contributed by atoms with Crippen molar-refractivity contribution in [3.05, 3.63) is 17.7 Å². The lowest BCUT2D eigenvalue weighted by molar-refractivity contribution is 0.0950. The summed E-state index contributed by atoms with van der Waals surface area (Å²) in [5.74, 6) is 5.36. The lowest BCUT2D eigenvalue weighted by atomic mass is 10.1. The molecule has 0 saturated heterocycles. The van der Waals surface area contributed by atoms with Crippen LogP contribution < -0.4 is 26.5 Å². The summed E-state index contributed by atoms with van der Waals surface area (Å²) >= 11 is 0. The van der Waals surface area contributed by atoms with Crippen molar-refractivity contribution in [2.75, 3.05) is 12.5 Å². The second kappa shape index (κ2) is 3.08. The van der Waals surface area contributed by atoms with E-state index in [-0.39, 0.29) is 12.4 Å². The van der Waals surface area contributed by atoms with E-state index in [0.717, 1.165) is 0 Å². The van der Waals surface area contributed by atoms with Gasteiger partial charge >= 0.3 is 0 Å². The topological polar surface area (TPSA) is 99.6 Å². The Morgan fingerprint density at radius 1 is 1.43 bits per heavy atom. The summed E-state index contributed by atoms with van der Waals surface area (Å²) < 4.78 is 10.2. The molecule has 1 heterocycles. The van der Waals surface area contributed by atoms with Crippen molar-refractivity contribution in [2.45, 2.75) is 0 Å². The standard InChI is InChI=1S/C8H9N3O3/c9-4-1-2-5-7(14-3-13-5)6(4)8(12)11-10/h1-2H,3,9-10H2,(H,11,12). The minimum atomic E-state index is -0.496. The molecule has 0 aromatic heterocycles. The van der Waals surface area contributed by atoms with Crippen molar-refractivity contribution in [2.24, 2.45) is 5.84 Å². The molecule has 6 heteroatoms. The first-order valence-corrected chi connectivity index (χ1v) is 3.93. The fourth-order valence-corrected chi connectivity index (χ4v) is 1.29. The Labute approximate surface area is 79.7 Å². The average molecular weight is 195 g/mol. The van der Waals surface area contributed by atoms with E-state index in [0.29, 0.717) is 17.2 Å². The molecule has 0 spiro atoms. The van der Waals surface area contributed by atoms with Crippen molar-refractivity contribution in [3.63, 3.8) is 0 Å². The molecule has 14 heavy (non-hydrogen) atoms. The highest BCUT2D eigenvalue weighted by Gasteiger charge is 2.24. The van der Waals surface area contributed by atoms with Crippen LogP contribution in [0.25, 0.3) is 0 Å². The van der Waals surface area contributed by atoms with Crippen molar-refractivity contribution in [1.29, 1.82) is 0 Å². The van der Waals surface area contributed by atoms with Crippen molar-refractivity contribution in [1.82, 2.24) is 5.43 Å². The molecule has 0 aliphatic carbocycles. The van der Waals surface area contributed by atoms with E-state index in [2.05, 4.69) is 0 Å². The molecule has 5 N–H and O–H groups in total. The number of nitrogen functional groups attached to an aromatic ring is 2. The van der Waals surface area contributed by atoms with Gasteiger partial charge in [-0.1, -0.05) is 0 Å². The molecule has 0 unspecified atom stereocenters. The first-order chi connectivity index (χ1) is 6.74. The Morgan fingerprint density at radius 3 is 2.93 bits per heavy atom. The molecular formula is C8H9N3O3. The minimum Gasteiger partial charge on any atom is -0.454 e. The summed E-state index contributed by atoms with van der Waals surface area (Å²) in [6.07, 6.45) is 0. The highest BCUT2D eigenvalue weighted by molar-refractivity contribution is 6.02. The second-order valence-corrected chi connectivity index (χ2v) is 2.74. The zero-order valence-corrected chi connectivity index (χ0v) is 7.24. The summed E-state index contributed by atoms with van der Waals surface area (Å²) in [6.45, 7) is 0.0869.